The van der Waals surface area contributed by atoms with Gasteiger partial charge in [0.1, 0.15) is 0 Å². The summed E-state index contributed by atoms with van der Waals surface area (Å²) >= 11 is 0. The van der Waals surface area contributed by atoms with Crippen LogP contribution in [0.25, 0.3) is 0 Å². The van der Waals surface area contributed by atoms with E-state index in [9.17, 15) is 9.90 Å². The fraction of sp³-hybridized carbons (Fsp3) is 0.400. The van der Waals surface area contributed by atoms with Crippen molar-refractivity contribution in [1.82, 2.24) is 10.2 Å². The third-order valence-electron chi connectivity index (χ3n) is 5.36. The molecule has 31 heavy (non-hydrogen) atoms. The smallest absolute Gasteiger partial charge is 0.217 e. The number of ether oxygens (including phenoxy) is 2. The molecule has 0 radical (unpaired) electrons. The summed E-state index contributed by atoms with van der Waals surface area (Å²) in [5, 5.41) is 12.1. The normalized spacial score (nSPS) is 21.1. The Morgan fingerprint density at radius 1 is 1.13 bits per heavy atom. The van der Waals surface area contributed by atoms with Crippen molar-refractivity contribution in [2.45, 2.75) is 45.0 Å². The minimum absolute atomic E-state index is 0.00488. The molecule has 3 atom stereocenters. The van der Waals surface area contributed by atoms with Gasteiger partial charge in [-0.25, -0.2) is 0 Å². The van der Waals surface area contributed by atoms with Gasteiger partial charge in [0.05, 0.1) is 18.8 Å². The molecule has 1 aliphatic rings. The van der Waals surface area contributed by atoms with Gasteiger partial charge in [0.15, 0.2) is 6.29 Å². The fourth-order valence-corrected chi connectivity index (χ4v) is 3.69. The topological polar surface area (TPSA) is 71.0 Å². The second kappa shape index (κ2) is 11.2. The number of hydrogen-bond acceptors (Lipinski definition) is 5. The molecule has 6 heteroatoms. The zero-order valence-electron chi connectivity index (χ0n) is 18.3. The Bertz CT molecular complexity index is 851. The molecule has 0 bridgehead atoms. The van der Waals surface area contributed by atoms with Gasteiger partial charge in [-0.2, -0.15) is 0 Å². The molecule has 0 spiro atoms. The highest BCUT2D eigenvalue weighted by Gasteiger charge is 2.32. The number of carbonyl (C=O) groups excluding carboxylic acids is 1. The Labute approximate surface area is 184 Å². The van der Waals surface area contributed by atoms with E-state index in [1.807, 2.05) is 54.6 Å². The molecule has 0 aromatic heterocycles. The summed E-state index contributed by atoms with van der Waals surface area (Å²) in [5.41, 5.74) is 3.92. The molecule has 1 aliphatic heterocycles. The van der Waals surface area contributed by atoms with Gasteiger partial charge in [-0.05, 0) is 23.7 Å². The number of carbonyl (C=O) groups is 1. The van der Waals surface area contributed by atoms with Crippen molar-refractivity contribution in [3.63, 3.8) is 0 Å². The molecule has 0 saturated carbocycles. The second-order valence-electron chi connectivity index (χ2n) is 8.01. The minimum atomic E-state index is -0.479. The van der Waals surface area contributed by atoms with Crippen LogP contribution in [0.2, 0.25) is 0 Å². The van der Waals surface area contributed by atoms with Crippen molar-refractivity contribution in [1.29, 1.82) is 0 Å². The number of likely N-dealkylation sites (N-methyl/N-ethyl adjacent to an activating group) is 1. The molecule has 2 N–H and O–H groups in total. The highest BCUT2D eigenvalue weighted by molar-refractivity contribution is 5.72. The highest BCUT2D eigenvalue weighted by atomic mass is 16.7. The fourth-order valence-electron chi connectivity index (χ4n) is 3.69. The van der Waals surface area contributed by atoms with Gasteiger partial charge >= 0.3 is 0 Å². The zero-order valence-corrected chi connectivity index (χ0v) is 18.3. The van der Waals surface area contributed by atoms with Crippen LogP contribution >= 0.6 is 0 Å². The van der Waals surface area contributed by atoms with E-state index in [1.165, 1.54) is 6.92 Å². The first-order valence-electron chi connectivity index (χ1n) is 10.6. The lowest BCUT2D eigenvalue weighted by atomic mass is 9.99. The lowest BCUT2D eigenvalue weighted by Crippen LogP contribution is -2.37. The molecule has 1 amide bonds. The van der Waals surface area contributed by atoms with Crippen molar-refractivity contribution < 1.29 is 19.4 Å². The van der Waals surface area contributed by atoms with E-state index < -0.39 is 6.29 Å². The van der Waals surface area contributed by atoms with Crippen LogP contribution in [0.4, 0.5) is 0 Å². The zero-order chi connectivity index (χ0) is 22.2. The maximum absolute atomic E-state index is 11.1. The molecule has 6 nitrogen and oxygen atoms in total. The standard InChI is InChI=1S/C25H32N2O4/c1-4-13-27(3)16-23-14-24(21-9-7-20(17-28)8-10-21)31-25(30-23)22-11-5-19(6-12-22)15-26-18(2)29/h4-12,23-25,28H,1,13-17H2,2-3H3,(H,26,29)/t23-,24+,25+/m0/s1. The first-order valence-corrected chi connectivity index (χ1v) is 10.6. The van der Waals surface area contributed by atoms with Crippen LogP contribution in [0.5, 0.6) is 0 Å². The summed E-state index contributed by atoms with van der Waals surface area (Å²) in [6.45, 7) is 7.41. The van der Waals surface area contributed by atoms with E-state index >= 15 is 0 Å². The van der Waals surface area contributed by atoms with Crippen molar-refractivity contribution in [2.75, 3.05) is 20.1 Å². The molecule has 1 fully saturated rings. The lowest BCUT2D eigenvalue weighted by molar-refractivity contribution is -0.252. The van der Waals surface area contributed by atoms with Crippen LogP contribution in [0.1, 0.15) is 48.0 Å². The molecular formula is C25H32N2O4. The van der Waals surface area contributed by atoms with Gasteiger partial charge in [-0.15, -0.1) is 6.58 Å². The lowest BCUT2D eigenvalue weighted by Gasteiger charge is -2.37. The summed E-state index contributed by atoms with van der Waals surface area (Å²) in [4.78, 5) is 13.3. The third-order valence-corrected chi connectivity index (χ3v) is 5.36. The number of hydrogen-bond donors (Lipinski definition) is 2. The molecule has 1 saturated heterocycles. The van der Waals surface area contributed by atoms with E-state index in [-0.39, 0.29) is 24.7 Å². The van der Waals surface area contributed by atoms with Gasteiger partial charge < -0.3 is 24.8 Å². The van der Waals surface area contributed by atoms with E-state index in [1.54, 1.807) is 0 Å². The van der Waals surface area contributed by atoms with Gasteiger partial charge in [0, 0.05) is 38.5 Å². The van der Waals surface area contributed by atoms with Gasteiger partial charge in [0.2, 0.25) is 5.91 Å². The average molecular weight is 425 g/mol. The van der Waals surface area contributed by atoms with Crippen LogP contribution < -0.4 is 5.32 Å². The molecule has 3 rings (SSSR count). The average Bonchev–Trinajstić information content (AvgIpc) is 2.78. The Morgan fingerprint density at radius 2 is 1.77 bits per heavy atom. The SMILES string of the molecule is C=CCN(C)C[C@@H]1C[C@H](c2ccc(CO)cc2)O[C@H](c2ccc(CNC(C)=O)cc2)O1. The first-order chi connectivity index (χ1) is 15.0. The Hall–Kier alpha value is -2.51. The minimum Gasteiger partial charge on any atom is -0.392 e. The summed E-state index contributed by atoms with van der Waals surface area (Å²) in [6, 6.07) is 15.8. The molecule has 0 aliphatic carbocycles. The van der Waals surface area contributed by atoms with Crippen molar-refractivity contribution in [3.05, 3.63) is 83.4 Å². The summed E-state index contributed by atoms with van der Waals surface area (Å²) in [7, 11) is 2.05. The van der Waals surface area contributed by atoms with Crippen molar-refractivity contribution in [2.24, 2.45) is 0 Å². The summed E-state index contributed by atoms with van der Waals surface area (Å²) < 4.78 is 12.7. The number of benzene rings is 2. The largest absolute Gasteiger partial charge is 0.392 e. The van der Waals surface area contributed by atoms with Crippen LogP contribution in [0.15, 0.2) is 61.2 Å². The second-order valence-corrected chi connectivity index (χ2v) is 8.01. The van der Waals surface area contributed by atoms with Gasteiger partial charge in [-0.3, -0.25) is 4.79 Å². The van der Waals surface area contributed by atoms with E-state index in [4.69, 9.17) is 9.47 Å². The molecule has 1 heterocycles. The number of rotatable bonds is 9. The van der Waals surface area contributed by atoms with E-state index in [2.05, 4.69) is 23.8 Å². The Morgan fingerprint density at radius 3 is 2.39 bits per heavy atom. The number of aliphatic hydroxyl groups is 1. The quantitative estimate of drug-likeness (QED) is 0.603. The number of aliphatic hydroxyl groups excluding tert-OH is 1. The van der Waals surface area contributed by atoms with Crippen LogP contribution in [0.3, 0.4) is 0 Å². The number of nitrogens with zero attached hydrogens (tertiary/aromatic N) is 1. The van der Waals surface area contributed by atoms with Crippen LogP contribution in [-0.4, -0.2) is 42.2 Å². The maximum Gasteiger partial charge on any atom is 0.217 e. The number of nitrogens with one attached hydrogen (secondary N) is 1. The van der Waals surface area contributed by atoms with E-state index in [0.29, 0.717) is 6.54 Å². The van der Waals surface area contributed by atoms with Crippen LogP contribution in [-0.2, 0) is 27.4 Å². The molecule has 0 unspecified atom stereocenters. The van der Waals surface area contributed by atoms with Gasteiger partial charge in [0.25, 0.3) is 0 Å². The summed E-state index contributed by atoms with van der Waals surface area (Å²) in [5.74, 6) is -0.0513. The highest BCUT2D eigenvalue weighted by Crippen LogP contribution is 2.38. The monoisotopic (exact) mass is 424 g/mol. The Balaban J connectivity index is 1.77. The first kappa shape index (κ1) is 23.2. The Kier molecular flexibility index (Phi) is 8.37. The number of amides is 1. The molecular weight excluding hydrogens is 392 g/mol. The van der Waals surface area contributed by atoms with Crippen molar-refractivity contribution >= 4 is 5.91 Å². The summed E-state index contributed by atoms with van der Waals surface area (Å²) in [6.07, 6.45) is 2.05. The predicted octanol–water partition coefficient (Wildman–Crippen LogP) is 3.48. The molecule has 166 valence electrons. The maximum atomic E-state index is 11.1. The van der Waals surface area contributed by atoms with Crippen molar-refractivity contribution in [3.8, 4) is 0 Å². The molecule has 2 aromatic rings. The predicted molar refractivity (Wildman–Crippen MR) is 120 cm³/mol. The third kappa shape index (κ3) is 6.74. The molecule has 2 aromatic carbocycles. The van der Waals surface area contributed by atoms with Gasteiger partial charge in [-0.1, -0.05) is 54.6 Å². The van der Waals surface area contributed by atoms with Crippen LogP contribution in [0, 0.1) is 0 Å². The van der Waals surface area contributed by atoms with E-state index in [0.717, 1.165) is 41.8 Å².